The second kappa shape index (κ2) is 2.79. The van der Waals surface area contributed by atoms with Gasteiger partial charge in [-0.2, -0.15) is 0 Å². The molecule has 78 valence electrons. The first kappa shape index (κ1) is 8.40. The van der Waals surface area contributed by atoms with Gasteiger partial charge in [0.1, 0.15) is 0 Å². The lowest BCUT2D eigenvalue weighted by atomic mass is 10.1. The van der Waals surface area contributed by atoms with Crippen molar-refractivity contribution in [2.45, 2.75) is 6.92 Å². The predicted octanol–water partition coefficient (Wildman–Crippen LogP) is 1.64. The summed E-state index contributed by atoms with van der Waals surface area (Å²) in [5, 5.41) is 2.97. The SMILES string of the molecule is CNc1nc2c(C)c3c(cc2[nH]1)OCO3. The number of aromatic amines is 1. The first-order valence-electron chi connectivity index (χ1n) is 4.76. The van der Waals surface area contributed by atoms with Gasteiger partial charge in [0.2, 0.25) is 12.7 Å². The molecular weight excluding hydrogens is 194 g/mol. The Kier molecular flexibility index (Phi) is 1.56. The molecule has 0 bridgehead atoms. The molecule has 5 nitrogen and oxygen atoms in total. The van der Waals surface area contributed by atoms with Gasteiger partial charge in [-0.15, -0.1) is 0 Å². The monoisotopic (exact) mass is 205 g/mol. The van der Waals surface area contributed by atoms with Crippen LogP contribution in [0.2, 0.25) is 0 Å². The highest BCUT2D eigenvalue weighted by molar-refractivity contribution is 5.85. The number of hydrogen-bond acceptors (Lipinski definition) is 4. The number of nitrogens with one attached hydrogen (secondary N) is 2. The van der Waals surface area contributed by atoms with Crippen molar-refractivity contribution >= 4 is 17.0 Å². The molecule has 2 aromatic rings. The molecular formula is C10H11N3O2. The molecule has 0 saturated carbocycles. The van der Waals surface area contributed by atoms with Gasteiger partial charge in [0, 0.05) is 18.7 Å². The number of aryl methyl sites for hydroxylation is 1. The molecule has 5 heteroatoms. The summed E-state index contributed by atoms with van der Waals surface area (Å²) in [6, 6.07) is 1.92. The molecule has 15 heavy (non-hydrogen) atoms. The molecule has 1 aromatic heterocycles. The van der Waals surface area contributed by atoms with Gasteiger partial charge < -0.3 is 19.8 Å². The molecule has 0 spiro atoms. The van der Waals surface area contributed by atoms with Crippen LogP contribution < -0.4 is 14.8 Å². The molecule has 2 heterocycles. The van der Waals surface area contributed by atoms with E-state index in [0.717, 1.165) is 34.0 Å². The molecule has 0 saturated heterocycles. The highest BCUT2D eigenvalue weighted by Crippen LogP contribution is 2.39. The highest BCUT2D eigenvalue weighted by Gasteiger charge is 2.20. The van der Waals surface area contributed by atoms with E-state index in [1.807, 2.05) is 20.0 Å². The van der Waals surface area contributed by atoms with E-state index in [1.165, 1.54) is 0 Å². The maximum Gasteiger partial charge on any atom is 0.231 e. The summed E-state index contributed by atoms with van der Waals surface area (Å²) in [6.45, 7) is 2.28. The van der Waals surface area contributed by atoms with Crippen LogP contribution in [0.1, 0.15) is 5.56 Å². The summed E-state index contributed by atoms with van der Waals surface area (Å²) < 4.78 is 10.7. The minimum absolute atomic E-state index is 0.293. The van der Waals surface area contributed by atoms with Crippen molar-refractivity contribution in [1.82, 2.24) is 9.97 Å². The number of benzene rings is 1. The van der Waals surface area contributed by atoms with Gasteiger partial charge in [-0.1, -0.05) is 0 Å². The minimum atomic E-state index is 0.293. The molecule has 1 aliphatic rings. The van der Waals surface area contributed by atoms with Gasteiger partial charge in [0.15, 0.2) is 11.5 Å². The molecule has 2 N–H and O–H groups in total. The van der Waals surface area contributed by atoms with Crippen LogP contribution in [0.3, 0.4) is 0 Å². The van der Waals surface area contributed by atoms with E-state index < -0.39 is 0 Å². The maximum atomic E-state index is 5.38. The van der Waals surface area contributed by atoms with Crippen molar-refractivity contribution in [1.29, 1.82) is 0 Å². The number of anilines is 1. The molecule has 0 fully saturated rings. The zero-order valence-corrected chi connectivity index (χ0v) is 8.55. The molecule has 0 amide bonds. The van der Waals surface area contributed by atoms with E-state index in [9.17, 15) is 0 Å². The van der Waals surface area contributed by atoms with Crippen LogP contribution in [0.4, 0.5) is 5.95 Å². The molecule has 1 aliphatic heterocycles. The molecule has 0 radical (unpaired) electrons. The summed E-state index contributed by atoms with van der Waals surface area (Å²) in [5.74, 6) is 2.33. The lowest BCUT2D eigenvalue weighted by molar-refractivity contribution is 0.173. The average molecular weight is 205 g/mol. The third-order valence-corrected chi connectivity index (χ3v) is 2.58. The Morgan fingerprint density at radius 3 is 3.13 bits per heavy atom. The van der Waals surface area contributed by atoms with Crippen molar-refractivity contribution in [2.24, 2.45) is 0 Å². The van der Waals surface area contributed by atoms with E-state index in [2.05, 4.69) is 15.3 Å². The lowest BCUT2D eigenvalue weighted by Crippen LogP contribution is -1.93. The summed E-state index contributed by atoms with van der Waals surface area (Å²) in [5.41, 5.74) is 2.89. The lowest BCUT2D eigenvalue weighted by Gasteiger charge is -2.00. The van der Waals surface area contributed by atoms with Crippen molar-refractivity contribution in [3.8, 4) is 11.5 Å². The Bertz CT molecular complexity index is 533. The number of nitrogens with zero attached hydrogens (tertiary/aromatic N) is 1. The Morgan fingerprint density at radius 1 is 1.47 bits per heavy atom. The van der Waals surface area contributed by atoms with Crippen LogP contribution in [0.5, 0.6) is 11.5 Å². The van der Waals surface area contributed by atoms with Crippen LogP contribution in [0, 0.1) is 6.92 Å². The minimum Gasteiger partial charge on any atom is -0.453 e. The van der Waals surface area contributed by atoms with Crippen LogP contribution in [0.25, 0.3) is 11.0 Å². The van der Waals surface area contributed by atoms with Crippen molar-refractivity contribution in [3.05, 3.63) is 11.6 Å². The largest absolute Gasteiger partial charge is 0.453 e. The molecule has 0 unspecified atom stereocenters. The third kappa shape index (κ3) is 1.06. The second-order valence-electron chi connectivity index (χ2n) is 3.47. The van der Waals surface area contributed by atoms with Gasteiger partial charge >= 0.3 is 0 Å². The molecule has 1 aromatic carbocycles. The van der Waals surface area contributed by atoms with Crippen LogP contribution in [-0.4, -0.2) is 23.8 Å². The standard InChI is InChI=1S/C10H11N3O2/c1-5-8-6(12-10(11-2)13-8)3-7-9(5)15-4-14-7/h3H,4H2,1-2H3,(H2,11,12,13). The number of imidazole rings is 1. The van der Waals surface area contributed by atoms with Crippen molar-refractivity contribution < 1.29 is 9.47 Å². The van der Waals surface area contributed by atoms with E-state index in [0.29, 0.717) is 6.79 Å². The smallest absolute Gasteiger partial charge is 0.231 e. The zero-order valence-electron chi connectivity index (χ0n) is 8.55. The van der Waals surface area contributed by atoms with Gasteiger partial charge in [0.25, 0.3) is 0 Å². The van der Waals surface area contributed by atoms with E-state index in [1.54, 1.807) is 0 Å². The third-order valence-electron chi connectivity index (χ3n) is 2.58. The van der Waals surface area contributed by atoms with Crippen molar-refractivity contribution in [2.75, 3.05) is 19.2 Å². The number of hydrogen-bond donors (Lipinski definition) is 2. The number of ether oxygens (including phenoxy) is 2. The topological polar surface area (TPSA) is 59.2 Å². The fourth-order valence-corrected chi connectivity index (χ4v) is 1.82. The summed E-state index contributed by atoms with van der Waals surface area (Å²) in [6.07, 6.45) is 0. The van der Waals surface area contributed by atoms with Gasteiger partial charge in [0.05, 0.1) is 11.0 Å². The maximum absolute atomic E-state index is 5.38. The highest BCUT2D eigenvalue weighted by atomic mass is 16.7. The van der Waals surface area contributed by atoms with Crippen LogP contribution in [-0.2, 0) is 0 Å². The van der Waals surface area contributed by atoms with Gasteiger partial charge in [-0.25, -0.2) is 4.98 Å². The Balaban J connectivity index is 2.33. The fourth-order valence-electron chi connectivity index (χ4n) is 1.82. The molecule has 0 atom stereocenters. The van der Waals surface area contributed by atoms with Crippen LogP contribution in [0.15, 0.2) is 6.07 Å². The quantitative estimate of drug-likeness (QED) is 0.743. The predicted molar refractivity (Wildman–Crippen MR) is 56.5 cm³/mol. The summed E-state index contributed by atoms with van der Waals surface area (Å²) >= 11 is 0. The molecule has 0 aliphatic carbocycles. The number of aromatic nitrogens is 2. The fraction of sp³-hybridized carbons (Fsp3) is 0.300. The average Bonchev–Trinajstić information content (AvgIpc) is 2.83. The number of H-pyrrole nitrogens is 1. The summed E-state index contributed by atoms with van der Waals surface area (Å²) in [7, 11) is 1.83. The van der Waals surface area contributed by atoms with Gasteiger partial charge in [-0.3, -0.25) is 0 Å². The Labute approximate surface area is 86.4 Å². The first-order valence-corrected chi connectivity index (χ1v) is 4.76. The van der Waals surface area contributed by atoms with Crippen LogP contribution >= 0.6 is 0 Å². The van der Waals surface area contributed by atoms with E-state index in [4.69, 9.17) is 9.47 Å². The Hall–Kier alpha value is -1.91. The zero-order chi connectivity index (χ0) is 10.4. The first-order chi connectivity index (χ1) is 7.29. The van der Waals surface area contributed by atoms with Crippen molar-refractivity contribution in [3.63, 3.8) is 0 Å². The second-order valence-corrected chi connectivity index (χ2v) is 3.47. The number of rotatable bonds is 1. The van der Waals surface area contributed by atoms with E-state index in [-0.39, 0.29) is 0 Å². The number of fused-ring (bicyclic) bond motifs is 2. The Morgan fingerprint density at radius 2 is 2.33 bits per heavy atom. The van der Waals surface area contributed by atoms with E-state index >= 15 is 0 Å². The summed E-state index contributed by atoms with van der Waals surface area (Å²) in [4.78, 5) is 7.56. The normalized spacial score (nSPS) is 13.5. The van der Waals surface area contributed by atoms with Gasteiger partial charge in [-0.05, 0) is 6.92 Å². The molecule has 3 rings (SSSR count).